The number of hydrogen-bond donors (Lipinski definition) is 0. The van der Waals surface area contributed by atoms with Crippen molar-refractivity contribution < 1.29 is 18.7 Å². The molecule has 7 heteroatoms. The van der Waals surface area contributed by atoms with Crippen LogP contribution in [0.4, 0.5) is 4.39 Å². The highest BCUT2D eigenvalue weighted by Gasteiger charge is 2.31. The highest BCUT2D eigenvalue weighted by molar-refractivity contribution is 5.92. The molecular formula is C21H24FN3O3. The summed E-state index contributed by atoms with van der Waals surface area (Å²) in [6.45, 7) is 3.28. The third kappa shape index (κ3) is 4.91. The van der Waals surface area contributed by atoms with Gasteiger partial charge in [0.15, 0.2) is 0 Å². The van der Waals surface area contributed by atoms with Gasteiger partial charge in [0, 0.05) is 25.5 Å². The molecule has 0 bridgehead atoms. The molecule has 1 atom stereocenters. The molecule has 1 aromatic heterocycles. The lowest BCUT2D eigenvalue weighted by molar-refractivity contribution is -0.144. The SMILES string of the molecule is CCOC(=O)C[C@@H](c1ccc(F)cc1)C1CCN(C(=O)c2cnccn2)CC1. The third-order valence-electron chi connectivity index (χ3n) is 5.17. The number of piperidine rings is 1. The Morgan fingerprint density at radius 2 is 1.93 bits per heavy atom. The second kappa shape index (κ2) is 9.39. The molecule has 28 heavy (non-hydrogen) atoms. The summed E-state index contributed by atoms with van der Waals surface area (Å²) in [5.41, 5.74) is 1.26. The van der Waals surface area contributed by atoms with E-state index in [4.69, 9.17) is 4.74 Å². The minimum absolute atomic E-state index is 0.0616. The van der Waals surface area contributed by atoms with Gasteiger partial charge in [-0.3, -0.25) is 14.6 Å². The first-order chi connectivity index (χ1) is 13.6. The van der Waals surface area contributed by atoms with E-state index in [2.05, 4.69) is 9.97 Å². The lowest BCUT2D eigenvalue weighted by Gasteiger charge is -2.36. The van der Waals surface area contributed by atoms with E-state index in [1.54, 1.807) is 24.0 Å². The molecule has 0 spiro atoms. The minimum atomic E-state index is -0.303. The van der Waals surface area contributed by atoms with Gasteiger partial charge >= 0.3 is 5.97 Å². The van der Waals surface area contributed by atoms with Crippen molar-refractivity contribution in [2.45, 2.75) is 32.1 Å². The zero-order valence-electron chi connectivity index (χ0n) is 15.9. The van der Waals surface area contributed by atoms with Crippen molar-refractivity contribution in [2.75, 3.05) is 19.7 Å². The zero-order chi connectivity index (χ0) is 19.9. The Labute approximate surface area is 163 Å². The zero-order valence-corrected chi connectivity index (χ0v) is 15.9. The highest BCUT2D eigenvalue weighted by atomic mass is 19.1. The summed E-state index contributed by atoms with van der Waals surface area (Å²) in [6.07, 6.45) is 6.27. The number of likely N-dealkylation sites (tertiary alicyclic amines) is 1. The van der Waals surface area contributed by atoms with E-state index in [1.165, 1.54) is 30.7 Å². The Balaban J connectivity index is 1.69. The summed E-state index contributed by atoms with van der Waals surface area (Å²) < 4.78 is 18.5. The standard InChI is InChI=1S/C21H24FN3O3/c1-2-28-20(26)13-18(15-3-5-17(22)6-4-15)16-7-11-25(12-8-16)21(27)19-14-23-9-10-24-19/h3-6,9-10,14,16,18H,2,7-8,11-13H2,1H3/t18-/m0/s1. The molecular weight excluding hydrogens is 361 g/mol. The fourth-order valence-electron chi connectivity index (χ4n) is 3.74. The van der Waals surface area contributed by atoms with Crippen molar-refractivity contribution in [3.8, 4) is 0 Å². The largest absolute Gasteiger partial charge is 0.466 e. The van der Waals surface area contributed by atoms with Crippen molar-refractivity contribution in [1.82, 2.24) is 14.9 Å². The first kappa shape index (κ1) is 19.9. The maximum absolute atomic E-state index is 13.3. The summed E-state index contributed by atoms with van der Waals surface area (Å²) in [4.78, 5) is 34.5. The maximum atomic E-state index is 13.3. The Bertz CT molecular complexity index is 790. The van der Waals surface area contributed by atoms with Crippen LogP contribution in [-0.2, 0) is 9.53 Å². The van der Waals surface area contributed by atoms with Crippen molar-refractivity contribution in [1.29, 1.82) is 0 Å². The molecule has 0 saturated carbocycles. The minimum Gasteiger partial charge on any atom is -0.466 e. The van der Waals surface area contributed by atoms with E-state index in [-0.39, 0.29) is 36.0 Å². The molecule has 2 aromatic rings. The number of amides is 1. The third-order valence-corrected chi connectivity index (χ3v) is 5.17. The van der Waals surface area contributed by atoms with Crippen LogP contribution in [0.2, 0.25) is 0 Å². The van der Waals surface area contributed by atoms with Gasteiger partial charge in [-0.1, -0.05) is 12.1 Å². The van der Waals surface area contributed by atoms with Crippen LogP contribution in [0.25, 0.3) is 0 Å². The molecule has 1 saturated heterocycles. The fourth-order valence-corrected chi connectivity index (χ4v) is 3.74. The average Bonchev–Trinajstić information content (AvgIpc) is 2.73. The molecule has 0 radical (unpaired) electrons. The number of halogens is 1. The number of ether oxygens (including phenoxy) is 1. The van der Waals surface area contributed by atoms with E-state index >= 15 is 0 Å². The molecule has 1 aliphatic rings. The van der Waals surface area contributed by atoms with Crippen LogP contribution >= 0.6 is 0 Å². The van der Waals surface area contributed by atoms with E-state index in [0.29, 0.717) is 25.4 Å². The van der Waals surface area contributed by atoms with Crippen LogP contribution in [0.5, 0.6) is 0 Å². The number of esters is 1. The van der Waals surface area contributed by atoms with E-state index in [9.17, 15) is 14.0 Å². The van der Waals surface area contributed by atoms with Crippen molar-refractivity contribution in [3.63, 3.8) is 0 Å². The molecule has 0 aliphatic carbocycles. The number of carbonyl (C=O) groups excluding carboxylic acids is 2. The monoisotopic (exact) mass is 385 g/mol. The number of rotatable bonds is 6. The predicted molar refractivity (Wildman–Crippen MR) is 101 cm³/mol. The molecule has 1 fully saturated rings. The van der Waals surface area contributed by atoms with Crippen LogP contribution in [0, 0.1) is 11.7 Å². The summed E-state index contributed by atoms with van der Waals surface area (Å²) in [7, 11) is 0. The van der Waals surface area contributed by atoms with Crippen LogP contribution < -0.4 is 0 Å². The van der Waals surface area contributed by atoms with Gasteiger partial charge in [0.25, 0.3) is 5.91 Å². The van der Waals surface area contributed by atoms with Crippen LogP contribution in [0.3, 0.4) is 0 Å². The summed E-state index contributed by atoms with van der Waals surface area (Å²) in [5.74, 6) is -0.539. The van der Waals surface area contributed by atoms with E-state index in [1.807, 2.05) is 0 Å². The first-order valence-electron chi connectivity index (χ1n) is 9.55. The summed E-state index contributed by atoms with van der Waals surface area (Å²) in [6, 6.07) is 6.30. The van der Waals surface area contributed by atoms with Crippen molar-refractivity contribution in [2.24, 2.45) is 5.92 Å². The molecule has 2 heterocycles. The van der Waals surface area contributed by atoms with E-state index < -0.39 is 0 Å². The maximum Gasteiger partial charge on any atom is 0.306 e. The second-order valence-electron chi connectivity index (χ2n) is 6.89. The number of hydrogen-bond acceptors (Lipinski definition) is 5. The van der Waals surface area contributed by atoms with Crippen LogP contribution in [0.15, 0.2) is 42.9 Å². The normalized spacial score (nSPS) is 15.9. The molecule has 0 unspecified atom stereocenters. The molecule has 0 N–H and O–H groups in total. The second-order valence-corrected chi connectivity index (χ2v) is 6.89. The Morgan fingerprint density at radius 3 is 2.54 bits per heavy atom. The molecule has 6 nitrogen and oxygen atoms in total. The van der Waals surface area contributed by atoms with Crippen LogP contribution in [-0.4, -0.2) is 46.4 Å². The van der Waals surface area contributed by atoms with Gasteiger partial charge in [0.2, 0.25) is 0 Å². The van der Waals surface area contributed by atoms with Gasteiger partial charge in [-0.2, -0.15) is 0 Å². The number of aromatic nitrogens is 2. The van der Waals surface area contributed by atoms with Gasteiger partial charge in [-0.25, -0.2) is 9.37 Å². The lowest BCUT2D eigenvalue weighted by atomic mass is 9.78. The molecule has 3 rings (SSSR count). The quantitative estimate of drug-likeness (QED) is 0.714. The van der Waals surface area contributed by atoms with Gasteiger partial charge in [0.05, 0.1) is 19.2 Å². The topological polar surface area (TPSA) is 72.4 Å². The summed E-state index contributed by atoms with van der Waals surface area (Å²) in [5, 5.41) is 0. The van der Waals surface area contributed by atoms with Crippen molar-refractivity contribution >= 4 is 11.9 Å². The molecule has 1 amide bonds. The molecule has 1 aromatic carbocycles. The van der Waals surface area contributed by atoms with Gasteiger partial charge in [0.1, 0.15) is 11.5 Å². The fraction of sp³-hybridized carbons (Fsp3) is 0.429. The number of benzene rings is 1. The molecule has 1 aliphatic heterocycles. The number of carbonyl (C=O) groups is 2. The highest BCUT2D eigenvalue weighted by Crippen LogP contribution is 2.36. The Kier molecular flexibility index (Phi) is 6.68. The van der Waals surface area contributed by atoms with Gasteiger partial charge < -0.3 is 9.64 Å². The lowest BCUT2D eigenvalue weighted by Crippen LogP contribution is -2.40. The number of nitrogens with zero attached hydrogens (tertiary/aromatic N) is 3. The summed E-state index contributed by atoms with van der Waals surface area (Å²) >= 11 is 0. The van der Waals surface area contributed by atoms with Gasteiger partial charge in [-0.05, 0) is 49.3 Å². The smallest absolute Gasteiger partial charge is 0.306 e. The first-order valence-corrected chi connectivity index (χ1v) is 9.55. The average molecular weight is 385 g/mol. The molecule has 148 valence electrons. The van der Waals surface area contributed by atoms with Crippen LogP contribution in [0.1, 0.15) is 48.2 Å². The van der Waals surface area contributed by atoms with Crippen molar-refractivity contribution in [3.05, 3.63) is 59.9 Å². The van der Waals surface area contributed by atoms with E-state index in [0.717, 1.165) is 18.4 Å². The predicted octanol–water partition coefficient (Wildman–Crippen LogP) is 3.20. The Morgan fingerprint density at radius 1 is 1.21 bits per heavy atom. The Hall–Kier alpha value is -2.83. The van der Waals surface area contributed by atoms with Gasteiger partial charge in [-0.15, -0.1) is 0 Å².